The average molecular weight is 856 g/mol. The van der Waals surface area contributed by atoms with Crippen LogP contribution in [0.3, 0.4) is 0 Å². The molecular formula is C40H49Cl3N2O12. The van der Waals surface area contributed by atoms with Gasteiger partial charge in [-0.2, -0.15) is 0 Å². The third-order valence-electron chi connectivity index (χ3n) is 9.59. The molecule has 0 unspecified atom stereocenters. The van der Waals surface area contributed by atoms with Crippen LogP contribution in [0.4, 0.5) is 9.59 Å². The van der Waals surface area contributed by atoms with Crippen LogP contribution < -0.4 is 0 Å². The second-order valence-corrected chi connectivity index (χ2v) is 14.5. The van der Waals surface area contributed by atoms with Gasteiger partial charge in [0.05, 0.1) is 12.8 Å². The summed E-state index contributed by atoms with van der Waals surface area (Å²) in [6, 6.07) is 13.8. The Hall–Kier alpha value is -4.53. The molecule has 57 heavy (non-hydrogen) atoms. The third-order valence-corrected chi connectivity index (χ3v) is 10.4. The standard InChI is InChI=1S/C20H24ClNO6.C15H17Cl2NO3.C5H8O3/c1-14(23)10-11-18(25)27-13-28-19(26)22(2)20(12-6-5-9-17(20)24)15-7-3-4-8-16(15)21;1-18(14(20)21-10-16)15(9-5-4-8-13(15)19)11-6-2-3-7-12(11)17;1-4(6)2-3-5(7)8/h3-4,7-8H,5-6,9-13H2,1-2H3;2-3,6-7H,4-5,8-10H2,1H3;2-3H2,1H3,(H,7,8)/t20-;15-;/m00./s1. The van der Waals surface area contributed by atoms with Crippen molar-refractivity contribution in [3.63, 3.8) is 0 Å². The summed E-state index contributed by atoms with van der Waals surface area (Å²) in [6.45, 7) is 2.16. The fourth-order valence-corrected chi connectivity index (χ4v) is 7.27. The van der Waals surface area contributed by atoms with Gasteiger partial charge in [0.2, 0.25) is 6.79 Å². The minimum Gasteiger partial charge on any atom is -0.481 e. The zero-order valence-electron chi connectivity index (χ0n) is 32.5. The van der Waals surface area contributed by atoms with Gasteiger partial charge in [0.25, 0.3) is 0 Å². The number of halogens is 3. The molecule has 2 aliphatic carbocycles. The van der Waals surface area contributed by atoms with E-state index in [0.29, 0.717) is 46.9 Å². The van der Waals surface area contributed by atoms with Crippen molar-refractivity contribution in [2.45, 2.75) is 102 Å². The highest BCUT2D eigenvalue weighted by Gasteiger charge is 2.49. The maximum Gasteiger partial charge on any atom is 0.413 e. The van der Waals surface area contributed by atoms with Crippen LogP contribution in [0.15, 0.2) is 48.5 Å². The number of amides is 2. The lowest BCUT2D eigenvalue weighted by molar-refractivity contribution is -0.154. The van der Waals surface area contributed by atoms with Crippen LogP contribution in [-0.4, -0.2) is 89.1 Å². The number of carbonyl (C=O) groups excluding carboxylic acids is 7. The van der Waals surface area contributed by atoms with Gasteiger partial charge in [-0.3, -0.25) is 29.0 Å². The van der Waals surface area contributed by atoms with E-state index in [9.17, 15) is 38.4 Å². The van der Waals surface area contributed by atoms with Gasteiger partial charge in [-0.25, -0.2) is 9.59 Å². The zero-order valence-corrected chi connectivity index (χ0v) is 34.8. The highest BCUT2D eigenvalue weighted by Crippen LogP contribution is 2.43. The predicted octanol–water partition coefficient (Wildman–Crippen LogP) is 8.00. The van der Waals surface area contributed by atoms with Crippen LogP contribution in [0, 0.1) is 0 Å². The number of Topliss-reactive ketones (excluding diaryl/α,β-unsaturated/α-hetero) is 4. The van der Waals surface area contributed by atoms with Crippen molar-refractivity contribution in [2.75, 3.05) is 27.0 Å². The number of carboxylic acid groups (broad SMARTS) is 1. The Morgan fingerprint density at radius 3 is 1.44 bits per heavy atom. The van der Waals surface area contributed by atoms with E-state index in [-0.39, 0.29) is 54.9 Å². The summed E-state index contributed by atoms with van der Waals surface area (Å²) in [5, 5.41) is 8.88. The molecule has 0 radical (unpaired) electrons. The van der Waals surface area contributed by atoms with E-state index in [4.69, 9.17) is 54.1 Å². The Balaban J connectivity index is 0.000000339. The first-order valence-corrected chi connectivity index (χ1v) is 19.5. The SMILES string of the molecule is CC(=O)CCC(=O)O.CC(=O)CCC(=O)OCOC(=O)N(C)[C@]1(c2ccccc2Cl)CCCCC1=O.CN(C(=O)OCCl)[C@]1(c2ccccc2Cl)CCCCC1=O. The minimum absolute atomic E-state index is 0.0177. The van der Waals surface area contributed by atoms with Gasteiger partial charge in [0.15, 0.2) is 17.6 Å². The molecule has 0 aromatic heterocycles. The van der Waals surface area contributed by atoms with Gasteiger partial charge in [-0.1, -0.05) is 71.2 Å². The largest absolute Gasteiger partial charge is 0.481 e. The molecule has 312 valence electrons. The number of alkyl halides is 1. The molecule has 2 amide bonds. The van der Waals surface area contributed by atoms with E-state index in [1.165, 1.54) is 30.7 Å². The van der Waals surface area contributed by atoms with Crippen LogP contribution in [0.5, 0.6) is 0 Å². The number of nitrogens with zero attached hydrogens (tertiary/aromatic N) is 2. The molecule has 17 heteroatoms. The summed E-state index contributed by atoms with van der Waals surface area (Å²) >= 11 is 18.1. The molecule has 0 bridgehead atoms. The van der Waals surface area contributed by atoms with Crippen LogP contribution in [-0.2, 0) is 54.1 Å². The molecular weight excluding hydrogens is 807 g/mol. The zero-order chi connectivity index (χ0) is 42.8. The first-order chi connectivity index (χ1) is 26.9. The molecule has 2 aromatic carbocycles. The number of benzene rings is 2. The van der Waals surface area contributed by atoms with E-state index in [2.05, 4.69) is 0 Å². The molecule has 4 rings (SSSR count). The van der Waals surface area contributed by atoms with E-state index in [1.807, 2.05) is 6.07 Å². The van der Waals surface area contributed by atoms with E-state index >= 15 is 0 Å². The Labute approximate surface area is 347 Å². The van der Waals surface area contributed by atoms with Crippen molar-refractivity contribution in [2.24, 2.45) is 0 Å². The second-order valence-electron chi connectivity index (χ2n) is 13.4. The molecule has 0 aliphatic heterocycles. The Bertz CT molecular complexity index is 1760. The molecule has 1 N–H and O–H groups in total. The number of aliphatic carboxylic acids is 1. The number of likely N-dealkylation sites (N-methyl/N-ethyl adjacent to an activating group) is 2. The molecule has 2 aromatic rings. The average Bonchev–Trinajstić information content (AvgIpc) is 3.17. The maximum atomic E-state index is 12.9. The second kappa shape index (κ2) is 23.6. The van der Waals surface area contributed by atoms with Crippen molar-refractivity contribution in [1.82, 2.24) is 9.80 Å². The van der Waals surface area contributed by atoms with Crippen molar-refractivity contribution in [3.8, 4) is 0 Å². The van der Waals surface area contributed by atoms with E-state index in [1.54, 1.807) is 49.5 Å². The molecule has 0 heterocycles. The molecule has 0 spiro atoms. The number of esters is 1. The van der Waals surface area contributed by atoms with E-state index in [0.717, 1.165) is 25.7 Å². The fourth-order valence-electron chi connectivity index (χ4n) is 6.59. The molecule has 0 saturated heterocycles. The Kier molecular flexibility index (Phi) is 20.2. The quantitative estimate of drug-likeness (QED) is 0.116. The van der Waals surface area contributed by atoms with Crippen LogP contribution >= 0.6 is 34.8 Å². The summed E-state index contributed by atoms with van der Waals surface area (Å²) in [5.41, 5.74) is -1.09. The summed E-state index contributed by atoms with van der Waals surface area (Å²) in [6.07, 6.45) is 3.56. The maximum absolute atomic E-state index is 12.9. The molecule has 14 nitrogen and oxygen atoms in total. The lowest BCUT2D eigenvalue weighted by Crippen LogP contribution is -2.54. The van der Waals surface area contributed by atoms with Crippen molar-refractivity contribution in [1.29, 1.82) is 0 Å². The van der Waals surface area contributed by atoms with Gasteiger partial charge in [-0.05, 0) is 64.5 Å². The smallest absolute Gasteiger partial charge is 0.413 e. The Morgan fingerprint density at radius 2 is 1.07 bits per heavy atom. The van der Waals surface area contributed by atoms with Crippen LogP contribution in [0.25, 0.3) is 0 Å². The Morgan fingerprint density at radius 1 is 0.649 bits per heavy atom. The predicted molar refractivity (Wildman–Crippen MR) is 211 cm³/mol. The monoisotopic (exact) mass is 854 g/mol. The molecule has 2 aliphatic rings. The molecule has 2 saturated carbocycles. The van der Waals surface area contributed by atoms with Gasteiger partial charge >= 0.3 is 24.1 Å². The first-order valence-electron chi connectivity index (χ1n) is 18.3. The lowest BCUT2D eigenvalue weighted by Gasteiger charge is -2.43. The minimum atomic E-state index is -1.22. The fraction of sp³-hybridized carbons (Fsp3) is 0.500. The van der Waals surface area contributed by atoms with Crippen LogP contribution in [0.2, 0.25) is 10.0 Å². The highest BCUT2D eigenvalue weighted by molar-refractivity contribution is 6.32. The number of ether oxygens (including phenoxy) is 3. The number of carboxylic acids is 1. The van der Waals surface area contributed by atoms with E-state index < -0.39 is 42.0 Å². The number of carbonyl (C=O) groups is 8. The summed E-state index contributed by atoms with van der Waals surface area (Å²) in [5.74, 6) is -1.89. The molecule has 2 atom stereocenters. The summed E-state index contributed by atoms with van der Waals surface area (Å²) in [7, 11) is 3.04. The first kappa shape index (κ1) is 48.6. The van der Waals surface area contributed by atoms with Gasteiger partial charge in [0.1, 0.15) is 22.6 Å². The summed E-state index contributed by atoms with van der Waals surface area (Å²) in [4.78, 5) is 95.1. The van der Waals surface area contributed by atoms with Gasteiger partial charge in [-0.15, -0.1) is 0 Å². The number of hydrogen-bond acceptors (Lipinski definition) is 11. The van der Waals surface area contributed by atoms with Gasteiger partial charge < -0.3 is 28.9 Å². The van der Waals surface area contributed by atoms with Gasteiger partial charge in [0, 0.05) is 61.0 Å². The third kappa shape index (κ3) is 13.5. The van der Waals surface area contributed by atoms with Crippen LogP contribution in [0.1, 0.15) is 102 Å². The molecule has 2 fully saturated rings. The number of ketones is 4. The van der Waals surface area contributed by atoms with Crippen molar-refractivity contribution >= 4 is 82.1 Å². The normalized spacial score (nSPS) is 18.6. The lowest BCUT2D eigenvalue weighted by atomic mass is 9.74. The van der Waals surface area contributed by atoms with Crippen molar-refractivity contribution in [3.05, 3.63) is 69.7 Å². The number of rotatable bonds is 13. The highest BCUT2D eigenvalue weighted by atomic mass is 35.5. The van der Waals surface area contributed by atoms with Crippen molar-refractivity contribution < 1.29 is 57.7 Å². The topological polar surface area (TPSA) is 191 Å². The summed E-state index contributed by atoms with van der Waals surface area (Å²) < 4.78 is 14.7. The number of hydrogen-bond donors (Lipinski definition) is 1.